The van der Waals surface area contributed by atoms with Gasteiger partial charge in [-0.1, -0.05) is 6.07 Å². The van der Waals surface area contributed by atoms with E-state index in [9.17, 15) is 13.5 Å². The maximum absolute atomic E-state index is 11.9. The van der Waals surface area contributed by atoms with Crippen molar-refractivity contribution in [1.82, 2.24) is 4.72 Å². The minimum absolute atomic E-state index is 0.0387. The molecular formula is C10H16N2O3S. The Balaban J connectivity index is 3.24. The molecular weight excluding hydrogens is 228 g/mol. The summed E-state index contributed by atoms with van der Waals surface area (Å²) in [6, 6.07) is 4.22. The van der Waals surface area contributed by atoms with Crippen LogP contribution in [0.4, 0.5) is 5.69 Å². The second kappa shape index (κ2) is 3.95. The number of nitrogens with two attached hydrogens (primary N) is 1. The zero-order chi connectivity index (χ0) is 12.6. The van der Waals surface area contributed by atoms with Crippen molar-refractivity contribution in [3.8, 4) is 5.75 Å². The van der Waals surface area contributed by atoms with Crippen molar-refractivity contribution in [1.29, 1.82) is 0 Å². The van der Waals surface area contributed by atoms with Gasteiger partial charge in [-0.05, 0) is 32.9 Å². The number of phenolic OH excluding ortho intramolecular Hbond substituents is 1. The summed E-state index contributed by atoms with van der Waals surface area (Å²) in [5, 5.41) is 9.59. The maximum atomic E-state index is 11.9. The summed E-state index contributed by atoms with van der Waals surface area (Å²) in [6.45, 7) is 5.15. The molecule has 1 aromatic rings. The Labute approximate surface area is 95.3 Å². The third kappa shape index (κ3) is 2.86. The second-order valence-electron chi connectivity index (χ2n) is 4.55. The first-order valence-corrected chi connectivity index (χ1v) is 6.23. The van der Waals surface area contributed by atoms with Crippen LogP contribution in [0.25, 0.3) is 0 Å². The SMILES string of the molecule is CC(C)(C)NS(=O)(=O)c1cccc(N)c1O. The van der Waals surface area contributed by atoms with Gasteiger partial charge in [0.25, 0.3) is 0 Å². The monoisotopic (exact) mass is 244 g/mol. The standard InChI is InChI=1S/C10H16N2O3S/c1-10(2,3)12-16(14,15)8-6-4-5-7(11)9(8)13/h4-6,12-13H,11H2,1-3H3. The van der Waals surface area contributed by atoms with E-state index in [0.29, 0.717) is 0 Å². The highest BCUT2D eigenvalue weighted by Gasteiger charge is 2.25. The van der Waals surface area contributed by atoms with Gasteiger partial charge in [0.2, 0.25) is 10.0 Å². The lowest BCUT2D eigenvalue weighted by molar-refractivity contribution is 0.454. The molecule has 0 saturated heterocycles. The van der Waals surface area contributed by atoms with Crippen LogP contribution >= 0.6 is 0 Å². The average molecular weight is 244 g/mol. The van der Waals surface area contributed by atoms with E-state index in [0.717, 1.165) is 0 Å². The number of phenols is 1. The van der Waals surface area contributed by atoms with E-state index >= 15 is 0 Å². The largest absolute Gasteiger partial charge is 0.504 e. The van der Waals surface area contributed by atoms with E-state index < -0.39 is 21.3 Å². The number of rotatable bonds is 2. The molecule has 0 aliphatic carbocycles. The smallest absolute Gasteiger partial charge is 0.244 e. The highest BCUT2D eigenvalue weighted by molar-refractivity contribution is 7.89. The van der Waals surface area contributed by atoms with Crippen LogP contribution in [0.2, 0.25) is 0 Å². The van der Waals surface area contributed by atoms with E-state index in [2.05, 4.69) is 4.72 Å². The molecule has 6 heteroatoms. The quantitative estimate of drug-likeness (QED) is 0.535. The molecule has 90 valence electrons. The van der Waals surface area contributed by atoms with Gasteiger partial charge in [0.15, 0.2) is 5.75 Å². The van der Waals surface area contributed by atoms with Crippen LogP contribution in [0.15, 0.2) is 23.1 Å². The predicted molar refractivity (Wildman–Crippen MR) is 62.6 cm³/mol. The number of benzene rings is 1. The highest BCUT2D eigenvalue weighted by Crippen LogP contribution is 2.28. The van der Waals surface area contributed by atoms with Gasteiger partial charge in [-0.2, -0.15) is 0 Å². The number of nitrogens with one attached hydrogen (secondary N) is 1. The molecule has 5 nitrogen and oxygen atoms in total. The van der Waals surface area contributed by atoms with Crippen molar-refractivity contribution in [2.75, 3.05) is 5.73 Å². The molecule has 0 unspecified atom stereocenters. The van der Waals surface area contributed by atoms with Crippen molar-refractivity contribution in [2.24, 2.45) is 0 Å². The molecule has 0 heterocycles. The first-order chi connectivity index (χ1) is 7.13. The number of hydrogen-bond acceptors (Lipinski definition) is 4. The summed E-state index contributed by atoms with van der Waals surface area (Å²) in [5.74, 6) is -0.417. The van der Waals surface area contributed by atoms with Crippen molar-refractivity contribution < 1.29 is 13.5 Å². The molecule has 4 N–H and O–H groups in total. The first-order valence-electron chi connectivity index (χ1n) is 4.75. The summed E-state index contributed by atoms with van der Waals surface area (Å²) in [6.07, 6.45) is 0. The fourth-order valence-corrected chi connectivity index (χ4v) is 2.76. The molecule has 0 spiro atoms. The Morgan fingerprint density at radius 2 is 1.88 bits per heavy atom. The maximum Gasteiger partial charge on any atom is 0.244 e. The van der Waals surface area contributed by atoms with Gasteiger partial charge in [-0.25, -0.2) is 13.1 Å². The minimum atomic E-state index is -3.75. The van der Waals surface area contributed by atoms with E-state index in [-0.39, 0.29) is 10.6 Å². The van der Waals surface area contributed by atoms with E-state index in [1.54, 1.807) is 20.8 Å². The third-order valence-electron chi connectivity index (χ3n) is 1.76. The van der Waals surface area contributed by atoms with Crippen molar-refractivity contribution >= 4 is 15.7 Å². The van der Waals surface area contributed by atoms with Gasteiger partial charge in [0.05, 0.1) is 5.69 Å². The zero-order valence-corrected chi connectivity index (χ0v) is 10.3. The predicted octanol–water partition coefficient (Wildman–Crippen LogP) is 1.05. The van der Waals surface area contributed by atoms with Crippen LogP contribution in [0.1, 0.15) is 20.8 Å². The summed E-state index contributed by atoms with van der Waals surface area (Å²) in [7, 11) is -3.75. The Hall–Kier alpha value is -1.27. The van der Waals surface area contributed by atoms with Crippen LogP contribution in [-0.4, -0.2) is 19.1 Å². The van der Waals surface area contributed by atoms with Gasteiger partial charge in [-0.3, -0.25) is 0 Å². The average Bonchev–Trinajstić information content (AvgIpc) is 2.05. The molecule has 0 saturated carbocycles. The fraction of sp³-hybridized carbons (Fsp3) is 0.400. The Morgan fingerprint density at radius 3 is 2.38 bits per heavy atom. The lowest BCUT2D eigenvalue weighted by Gasteiger charge is -2.20. The molecule has 0 amide bonds. The van der Waals surface area contributed by atoms with Gasteiger partial charge in [0.1, 0.15) is 4.90 Å². The molecule has 0 bridgehead atoms. The van der Waals surface area contributed by atoms with Crippen LogP contribution in [0.3, 0.4) is 0 Å². The lowest BCUT2D eigenvalue weighted by atomic mass is 10.1. The number of hydrogen-bond donors (Lipinski definition) is 3. The Bertz CT molecular complexity index is 489. The Kier molecular flexibility index (Phi) is 3.16. The van der Waals surface area contributed by atoms with Crippen LogP contribution in [-0.2, 0) is 10.0 Å². The second-order valence-corrected chi connectivity index (χ2v) is 6.20. The third-order valence-corrected chi connectivity index (χ3v) is 3.55. The van der Waals surface area contributed by atoms with Gasteiger partial charge >= 0.3 is 0 Å². The summed E-state index contributed by atoms with van der Waals surface area (Å²) in [4.78, 5) is -0.206. The molecule has 0 aliphatic rings. The lowest BCUT2D eigenvalue weighted by Crippen LogP contribution is -2.40. The molecule has 0 atom stereocenters. The molecule has 0 fully saturated rings. The van der Waals surface area contributed by atoms with Crippen LogP contribution < -0.4 is 10.5 Å². The van der Waals surface area contributed by atoms with Gasteiger partial charge in [0, 0.05) is 5.54 Å². The number of anilines is 1. The number of aromatic hydroxyl groups is 1. The van der Waals surface area contributed by atoms with E-state index in [1.165, 1.54) is 18.2 Å². The van der Waals surface area contributed by atoms with Crippen LogP contribution in [0.5, 0.6) is 5.75 Å². The number of nitrogen functional groups attached to an aromatic ring is 1. The fourth-order valence-electron chi connectivity index (χ4n) is 1.21. The topological polar surface area (TPSA) is 92.4 Å². The van der Waals surface area contributed by atoms with Crippen LogP contribution in [0, 0.1) is 0 Å². The highest BCUT2D eigenvalue weighted by atomic mass is 32.2. The van der Waals surface area contributed by atoms with E-state index in [1.807, 2.05) is 0 Å². The normalized spacial score (nSPS) is 12.7. The zero-order valence-electron chi connectivity index (χ0n) is 9.48. The molecule has 0 aliphatic heterocycles. The first kappa shape index (κ1) is 12.8. The Morgan fingerprint density at radius 1 is 1.31 bits per heavy atom. The molecule has 1 aromatic carbocycles. The van der Waals surface area contributed by atoms with Crippen molar-refractivity contribution in [3.63, 3.8) is 0 Å². The molecule has 16 heavy (non-hydrogen) atoms. The minimum Gasteiger partial charge on any atom is -0.504 e. The van der Waals surface area contributed by atoms with E-state index in [4.69, 9.17) is 5.73 Å². The summed E-state index contributed by atoms with van der Waals surface area (Å²) in [5.41, 5.74) is 4.86. The number of sulfonamides is 1. The van der Waals surface area contributed by atoms with Gasteiger partial charge < -0.3 is 10.8 Å². The molecule has 0 aromatic heterocycles. The van der Waals surface area contributed by atoms with Crippen molar-refractivity contribution in [2.45, 2.75) is 31.2 Å². The summed E-state index contributed by atoms with van der Waals surface area (Å²) >= 11 is 0. The molecule has 0 radical (unpaired) electrons. The van der Waals surface area contributed by atoms with Crippen molar-refractivity contribution in [3.05, 3.63) is 18.2 Å². The summed E-state index contributed by atoms with van der Waals surface area (Å²) < 4.78 is 26.2. The molecule has 1 rings (SSSR count). The number of para-hydroxylation sites is 1. The van der Waals surface area contributed by atoms with Gasteiger partial charge in [-0.15, -0.1) is 0 Å².